The smallest absolute Gasteiger partial charge is 0.280 e. The van der Waals surface area contributed by atoms with Gasteiger partial charge in [-0.3, -0.25) is 0 Å². The molecule has 20 heavy (non-hydrogen) atoms. The van der Waals surface area contributed by atoms with E-state index in [1.807, 2.05) is 0 Å². The molecule has 2 rings (SSSR count). The Balaban J connectivity index is 2.40. The van der Waals surface area contributed by atoms with Crippen molar-refractivity contribution in [1.29, 1.82) is 0 Å². The fraction of sp³-hybridized carbons (Fsp3) is 0.250. The Labute approximate surface area is 119 Å². The predicted molar refractivity (Wildman–Crippen MR) is 70.1 cm³/mol. The fourth-order valence-corrected chi connectivity index (χ4v) is 2.55. The van der Waals surface area contributed by atoms with Crippen LogP contribution in [0.15, 0.2) is 29.4 Å². The highest BCUT2D eigenvalue weighted by Gasteiger charge is 2.17. The summed E-state index contributed by atoms with van der Waals surface area (Å²) >= 11 is 0. The number of halogens is 3. The number of aromatic nitrogens is 2. The van der Waals surface area contributed by atoms with Crippen molar-refractivity contribution in [3.05, 3.63) is 47.4 Å². The van der Waals surface area contributed by atoms with E-state index in [-0.39, 0.29) is 11.6 Å². The van der Waals surface area contributed by atoms with Gasteiger partial charge in [-0.2, -0.15) is 0 Å². The van der Waals surface area contributed by atoms with Crippen LogP contribution < -0.4 is 0 Å². The van der Waals surface area contributed by atoms with Crippen LogP contribution in [0.2, 0.25) is 0 Å². The highest BCUT2D eigenvalue weighted by atomic mass is 35.7. The zero-order chi connectivity index (χ0) is 14.9. The molecule has 0 aliphatic carbocycles. The van der Waals surface area contributed by atoms with E-state index in [1.54, 1.807) is 6.92 Å². The lowest BCUT2D eigenvalue weighted by molar-refractivity contribution is 0.576. The third-order valence-electron chi connectivity index (χ3n) is 2.68. The number of hydrogen-bond acceptors (Lipinski definition) is 3. The summed E-state index contributed by atoms with van der Waals surface area (Å²) in [5, 5.41) is -0.270. The Morgan fingerprint density at radius 2 is 1.85 bits per heavy atom. The average Bonchev–Trinajstić information content (AvgIpc) is 2.70. The first-order valence-corrected chi connectivity index (χ1v) is 8.06. The van der Waals surface area contributed by atoms with E-state index < -0.39 is 20.7 Å². The van der Waals surface area contributed by atoms with Gasteiger partial charge < -0.3 is 4.57 Å². The van der Waals surface area contributed by atoms with Crippen molar-refractivity contribution in [2.75, 3.05) is 0 Å². The molecule has 0 aliphatic rings. The lowest BCUT2D eigenvalue weighted by Gasteiger charge is -2.06. The Bertz CT molecular complexity index is 724. The van der Waals surface area contributed by atoms with Crippen molar-refractivity contribution in [1.82, 2.24) is 9.55 Å². The van der Waals surface area contributed by atoms with Gasteiger partial charge in [0.2, 0.25) is 0 Å². The summed E-state index contributed by atoms with van der Waals surface area (Å²) in [6.07, 6.45) is 1.72. The van der Waals surface area contributed by atoms with Gasteiger partial charge >= 0.3 is 0 Å². The summed E-state index contributed by atoms with van der Waals surface area (Å²) in [6.45, 7) is 1.90. The number of rotatable bonds is 4. The zero-order valence-electron chi connectivity index (χ0n) is 10.5. The fourth-order valence-electron chi connectivity index (χ4n) is 1.86. The molecule has 0 saturated heterocycles. The second-order valence-electron chi connectivity index (χ2n) is 4.19. The molecule has 108 valence electrons. The molecule has 1 heterocycles. The molecule has 0 amide bonds. The lowest BCUT2D eigenvalue weighted by atomic mass is 10.2. The molecule has 0 atom stereocenters. The van der Waals surface area contributed by atoms with Gasteiger partial charge in [0.15, 0.2) is 5.03 Å². The van der Waals surface area contributed by atoms with Crippen molar-refractivity contribution in [3.8, 4) is 0 Å². The molecule has 0 spiro atoms. The molecule has 1 aromatic heterocycles. The van der Waals surface area contributed by atoms with E-state index in [1.165, 1.54) is 22.9 Å². The van der Waals surface area contributed by atoms with Crippen molar-refractivity contribution in [2.24, 2.45) is 0 Å². The predicted octanol–water partition coefficient (Wildman–Crippen LogP) is 2.70. The molecule has 4 nitrogen and oxygen atoms in total. The maximum Gasteiger partial charge on any atom is 0.280 e. The first-order chi connectivity index (χ1) is 9.29. The summed E-state index contributed by atoms with van der Waals surface area (Å²) < 4.78 is 50.2. The molecule has 0 unspecified atom stereocenters. The quantitative estimate of drug-likeness (QED) is 0.814. The normalized spacial score (nSPS) is 11.8. The number of imidazole rings is 1. The Morgan fingerprint density at radius 3 is 2.35 bits per heavy atom. The van der Waals surface area contributed by atoms with Gasteiger partial charge in [-0.1, -0.05) is 6.92 Å². The molecule has 0 bridgehead atoms. The largest absolute Gasteiger partial charge is 0.329 e. The van der Waals surface area contributed by atoms with Crippen molar-refractivity contribution in [3.63, 3.8) is 0 Å². The number of benzene rings is 1. The molecule has 2 aromatic rings. The third-order valence-corrected chi connectivity index (χ3v) is 3.85. The zero-order valence-corrected chi connectivity index (χ0v) is 12.0. The summed E-state index contributed by atoms with van der Waals surface area (Å²) in [7, 11) is 1.30. The van der Waals surface area contributed by atoms with Crippen LogP contribution >= 0.6 is 10.7 Å². The van der Waals surface area contributed by atoms with Gasteiger partial charge in [0.05, 0.1) is 0 Å². The Morgan fingerprint density at radius 1 is 1.25 bits per heavy atom. The van der Waals surface area contributed by atoms with Crippen LogP contribution in [0.25, 0.3) is 0 Å². The van der Waals surface area contributed by atoms with Crippen molar-refractivity contribution < 1.29 is 17.2 Å². The second-order valence-corrected chi connectivity index (χ2v) is 6.71. The van der Waals surface area contributed by atoms with Crippen molar-refractivity contribution >= 4 is 19.7 Å². The van der Waals surface area contributed by atoms with Crippen LogP contribution in [0, 0.1) is 11.6 Å². The average molecular weight is 321 g/mol. The topological polar surface area (TPSA) is 52.0 Å². The minimum atomic E-state index is -3.93. The maximum atomic E-state index is 13.1. The summed E-state index contributed by atoms with van der Waals surface area (Å²) in [4.78, 5) is 3.90. The van der Waals surface area contributed by atoms with Gasteiger partial charge in [-0.05, 0) is 17.7 Å². The third kappa shape index (κ3) is 3.34. The molecular formula is C12H11ClF2N2O2S. The molecule has 1 aromatic carbocycles. The number of aryl methyl sites for hydroxylation is 1. The Kier molecular flexibility index (Phi) is 4.10. The van der Waals surface area contributed by atoms with E-state index in [0.717, 1.165) is 6.07 Å². The van der Waals surface area contributed by atoms with E-state index in [9.17, 15) is 17.2 Å². The second kappa shape index (κ2) is 5.49. The molecule has 0 aliphatic heterocycles. The number of nitrogens with zero attached hydrogens (tertiary/aromatic N) is 2. The molecule has 8 heteroatoms. The SMILES string of the molecule is CCc1nc(S(=O)(=O)Cl)cn1Cc1cc(F)cc(F)c1. The minimum Gasteiger partial charge on any atom is -0.329 e. The molecule has 0 radical (unpaired) electrons. The highest BCUT2D eigenvalue weighted by Crippen LogP contribution is 2.17. The monoisotopic (exact) mass is 320 g/mol. The van der Waals surface area contributed by atoms with E-state index in [0.29, 0.717) is 17.8 Å². The van der Waals surface area contributed by atoms with Crippen LogP contribution in [-0.4, -0.2) is 18.0 Å². The standard InChI is InChI=1S/C12H11ClF2N2O2S/c1-2-11-16-12(20(13,18)19)7-17(11)6-8-3-9(14)5-10(15)4-8/h3-5,7H,2,6H2,1H3. The Hall–Kier alpha value is -1.47. The van der Waals surface area contributed by atoms with Gasteiger partial charge in [0.25, 0.3) is 9.05 Å². The van der Waals surface area contributed by atoms with Crippen LogP contribution in [0.3, 0.4) is 0 Å². The van der Waals surface area contributed by atoms with E-state index >= 15 is 0 Å². The molecule has 0 fully saturated rings. The van der Waals surface area contributed by atoms with Crippen LogP contribution in [-0.2, 0) is 22.0 Å². The van der Waals surface area contributed by atoms with Gasteiger partial charge in [0.1, 0.15) is 17.5 Å². The molecular weight excluding hydrogens is 310 g/mol. The summed E-state index contributed by atoms with van der Waals surface area (Å²) in [5.41, 5.74) is 0.369. The van der Waals surface area contributed by atoms with Gasteiger partial charge in [-0.15, -0.1) is 0 Å². The van der Waals surface area contributed by atoms with Gasteiger partial charge in [-0.25, -0.2) is 22.2 Å². The van der Waals surface area contributed by atoms with E-state index in [4.69, 9.17) is 10.7 Å². The molecule has 0 saturated carbocycles. The minimum absolute atomic E-state index is 0.108. The molecule has 0 N–H and O–H groups in total. The maximum absolute atomic E-state index is 13.1. The number of hydrogen-bond donors (Lipinski definition) is 0. The van der Waals surface area contributed by atoms with Crippen LogP contribution in [0.1, 0.15) is 18.3 Å². The first-order valence-electron chi connectivity index (χ1n) is 5.75. The van der Waals surface area contributed by atoms with Crippen molar-refractivity contribution in [2.45, 2.75) is 24.9 Å². The van der Waals surface area contributed by atoms with Gasteiger partial charge in [0, 0.05) is 35.9 Å². The van der Waals surface area contributed by atoms with Crippen LogP contribution in [0.4, 0.5) is 8.78 Å². The summed E-state index contributed by atoms with van der Waals surface area (Å²) in [5.74, 6) is -0.916. The van der Waals surface area contributed by atoms with Crippen LogP contribution in [0.5, 0.6) is 0 Å². The first kappa shape index (κ1) is 14.9. The lowest BCUT2D eigenvalue weighted by Crippen LogP contribution is -2.04. The van der Waals surface area contributed by atoms with E-state index in [2.05, 4.69) is 4.98 Å². The highest BCUT2D eigenvalue weighted by molar-refractivity contribution is 8.13. The summed E-state index contributed by atoms with van der Waals surface area (Å²) in [6, 6.07) is 3.13.